The van der Waals surface area contributed by atoms with E-state index in [0.717, 1.165) is 58.9 Å². The molecule has 3 saturated heterocycles. The van der Waals surface area contributed by atoms with E-state index in [1.165, 1.54) is 80.0 Å². The minimum atomic E-state index is -2.17. The number of phenolic OH excluding ortho intramolecular Hbond substituents is 3. The van der Waals surface area contributed by atoms with Gasteiger partial charge in [0, 0.05) is 84.7 Å². The molecule has 20 atom stereocenters. The number of thiazole rings is 1. The third-order valence-corrected chi connectivity index (χ3v) is 28.5. The molecule has 20 N–H and O–H groups in total. The maximum atomic E-state index is 16.2. The maximum Gasteiger partial charge on any atom is 0.246 e. The number of halogens is 3. The second kappa shape index (κ2) is 45.3. The van der Waals surface area contributed by atoms with Crippen LogP contribution in [0.1, 0.15) is 161 Å². The number of aliphatic hydroxyl groups excluding tert-OH is 6. The van der Waals surface area contributed by atoms with Crippen LogP contribution in [-0.4, -0.2) is 224 Å². The van der Waals surface area contributed by atoms with Crippen LogP contribution < -0.4 is 67.7 Å². The average molecular weight is 2070 g/mol. The number of aryl methyl sites for hydroxylation is 1. The van der Waals surface area contributed by atoms with Crippen molar-refractivity contribution in [1.82, 2.24) is 36.5 Å². The SMILES string of the molecule is CCCC(=O)[C@H]1NC(=O)[C@H]2NC(=O)[C@H](CC(=O)[C@@H]3NC(=O)[C@H](CC(N)=O)CC(=O)C(NC(=O)[C@@H](CC(C)C)NC)[C@H](O)c4ccc(c(Cl)c4)Oc4cc3cc(c4O[C@@H]3O[C@H](CO)[C@@H](O)[C@H](O)[C@H]3O[C@H]3C[C@](C)(N)[C@H](O)[C@H](C)O3)Oc3ccc(cc3Cl)[C@H]2O)c2ccc(O)c(c2)-c2c(O)cc(O)cc21.Cc1ccc(CO/N=C(\C(=O)C[C@@H]2C(=O)N3C(C(=O)[O-])=C(C[n+]4ccccc4)CS[C@H]23)c2nc(N)sc2Cl)cc1. The van der Waals surface area contributed by atoms with Crippen LogP contribution in [0.3, 0.4) is 0 Å². The molecule has 11 bridgehead atoms. The summed E-state index contributed by atoms with van der Waals surface area (Å²) < 4.78 is 40.6. The van der Waals surface area contributed by atoms with Gasteiger partial charge < -0.3 is 133 Å². The van der Waals surface area contributed by atoms with Crippen molar-refractivity contribution in [2.24, 2.45) is 34.4 Å². The third-order valence-electron chi connectivity index (χ3n) is 25.4. The molecule has 0 saturated carbocycles. The number of pyridine rings is 1. The number of nitrogens with zero attached hydrogens (tertiary/aromatic N) is 4. The number of aromatic hydroxyl groups is 3. The van der Waals surface area contributed by atoms with Crippen molar-refractivity contribution in [3.05, 3.63) is 204 Å². The number of amides is 6. The molecular weight excluding hydrogens is 1960 g/mol. The molecule has 2 aromatic heterocycles. The number of phenols is 3. The Kier molecular flexibility index (Phi) is 33.7. The second-order valence-corrected chi connectivity index (χ2v) is 40.0. The zero-order chi connectivity index (χ0) is 103. The molecule has 760 valence electrons. The van der Waals surface area contributed by atoms with Gasteiger partial charge in [-0.25, -0.2) is 9.55 Å². The van der Waals surface area contributed by atoms with Crippen molar-refractivity contribution < 1.29 is 142 Å². The zero-order valence-electron chi connectivity index (χ0n) is 78.0. The summed E-state index contributed by atoms with van der Waals surface area (Å²) in [6.45, 7) is 9.81. The smallest absolute Gasteiger partial charge is 0.246 e. The lowest BCUT2D eigenvalue weighted by Gasteiger charge is -2.50. The van der Waals surface area contributed by atoms with Gasteiger partial charge in [-0.2, -0.15) is 0 Å². The number of benzene rings is 6. The van der Waals surface area contributed by atoms with Gasteiger partial charge >= 0.3 is 0 Å². The van der Waals surface area contributed by atoms with E-state index in [0.29, 0.717) is 17.9 Å². The summed E-state index contributed by atoms with van der Waals surface area (Å²) in [4.78, 5) is 169. The number of ketones is 4. The first-order valence-electron chi connectivity index (χ1n) is 45.7. The number of carbonyl (C=O) groups excluding carboxylic acids is 11. The van der Waals surface area contributed by atoms with Crippen LogP contribution in [0.15, 0.2) is 150 Å². The number of nitrogen functional groups attached to an aromatic ring is 1. The van der Waals surface area contributed by atoms with Crippen LogP contribution in [0.5, 0.6) is 46.0 Å². The normalized spacial score (nSPS) is 26.3. The van der Waals surface area contributed by atoms with Gasteiger partial charge in [0.15, 0.2) is 76.8 Å². The van der Waals surface area contributed by atoms with Crippen LogP contribution in [0.2, 0.25) is 14.4 Å². The van der Waals surface area contributed by atoms with Crippen LogP contribution in [0.4, 0.5) is 5.13 Å². The van der Waals surface area contributed by atoms with E-state index >= 15 is 19.2 Å². The average Bonchev–Trinajstić information content (AvgIpc) is 1.74. The lowest BCUT2D eigenvalue weighted by atomic mass is 9.84. The molecule has 3 fully saturated rings. The lowest BCUT2D eigenvalue weighted by Crippen LogP contribution is -2.64. The number of Topliss-reactive ketones (excluding diaryl/α,β-unsaturated/α-hetero) is 4. The largest absolute Gasteiger partial charge is 0.543 e. The quantitative estimate of drug-likeness (QED) is 0.0146. The molecule has 6 aromatic carbocycles. The number of primary amides is 1. The summed E-state index contributed by atoms with van der Waals surface area (Å²) >= 11 is 22.9. The zero-order valence-corrected chi connectivity index (χ0v) is 81.9. The van der Waals surface area contributed by atoms with E-state index in [4.69, 9.17) is 85.3 Å². The molecule has 0 radical (unpaired) electrons. The summed E-state index contributed by atoms with van der Waals surface area (Å²) in [5.41, 5.74) is 17.4. The fourth-order valence-corrected chi connectivity index (χ4v) is 20.8. The number of carboxylic acid groups (broad SMARTS) is 1. The highest BCUT2D eigenvalue weighted by atomic mass is 35.5. The van der Waals surface area contributed by atoms with Crippen LogP contribution in [0.25, 0.3) is 11.1 Å². The highest BCUT2D eigenvalue weighted by Gasteiger charge is 2.55. The first-order valence-corrected chi connectivity index (χ1v) is 48.7. The van der Waals surface area contributed by atoms with Gasteiger partial charge in [0.2, 0.25) is 47.5 Å². The number of likely N-dealkylation sites (N-methyl/N-ethyl adjacent to an activating group) is 1. The molecule has 0 aliphatic carbocycles. The Bertz CT molecular complexity index is 6300. The number of nitrogens with one attached hydrogen (secondary N) is 5. The molecule has 9 aliphatic heterocycles. The van der Waals surface area contributed by atoms with Gasteiger partial charge in [-0.15, -0.1) is 11.8 Å². The summed E-state index contributed by atoms with van der Waals surface area (Å²) in [5, 5.41) is 133. The van der Waals surface area contributed by atoms with Gasteiger partial charge in [-0.05, 0) is 135 Å². The van der Waals surface area contributed by atoms with E-state index in [1.54, 1.807) is 6.92 Å². The number of β-lactam (4-membered cyclic amide) rings is 1. The maximum absolute atomic E-state index is 16.2. The number of oxime groups is 1. The van der Waals surface area contributed by atoms with Crippen LogP contribution in [0, 0.1) is 24.7 Å². The minimum absolute atomic E-state index is 0.0697. The Labute approximate surface area is 841 Å². The molecule has 0 spiro atoms. The Morgan fingerprint density at radius 1 is 0.776 bits per heavy atom. The predicted octanol–water partition coefficient (Wildman–Crippen LogP) is 5.46. The van der Waals surface area contributed by atoms with Gasteiger partial charge in [0.25, 0.3) is 0 Å². The van der Waals surface area contributed by atoms with Crippen molar-refractivity contribution in [2.45, 2.75) is 215 Å². The molecular formula is C98H107Cl3N12O28S2. The van der Waals surface area contributed by atoms with Gasteiger partial charge in [-0.3, -0.25) is 52.8 Å². The number of hydrogen-bond donors (Lipinski definition) is 17. The number of rotatable bonds is 25. The minimum Gasteiger partial charge on any atom is -0.543 e. The van der Waals surface area contributed by atoms with Gasteiger partial charge in [0.05, 0.1) is 69.7 Å². The summed E-state index contributed by atoms with van der Waals surface area (Å²) in [5.74, 6) is -19.3. The highest BCUT2D eigenvalue weighted by Crippen LogP contribution is 2.52. The first-order chi connectivity index (χ1) is 67.9. The van der Waals surface area contributed by atoms with Crippen molar-refractivity contribution in [1.29, 1.82) is 0 Å². The molecule has 143 heavy (non-hydrogen) atoms. The molecule has 9 aliphatic rings. The molecule has 6 amide bonds. The number of fused-ring (bicyclic) bond motifs is 16. The number of aliphatic carboxylic acids is 1. The summed E-state index contributed by atoms with van der Waals surface area (Å²) in [6.07, 6.45) is -16.6. The Morgan fingerprint density at radius 2 is 1.44 bits per heavy atom. The Hall–Kier alpha value is -12.3. The van der Waals surface area contributed by atoms with Crippen molar-refractivity contribution in [3.63, 3.8) is 0 Å². The topological polar surface area (TPSA) is 628 Å². The van der Waals surface area contributed by atoms with E-state index in [9.17, 15) is 84.6 Å². The fourth-order valence-electron chi connectivity index (χ4n) is 18.0. The number of ether oxygens (including phenoxy) is 6. The first kappa shape index (κ1) is 106. The monoisotopic (exact) mass is 2070 g/mol. The summed E-state index contributed by atoms with van der Waals surface area (Å²) in [6, 6.07) is 19.1. The molecule has 17 rings (SSSR count). The molecule has 45 heteroatoms. The van der Waals surface area contributed by atoms with Crippen molar-refractivity contribution in [3.8, 4) is 57.1 Å². The highest BCUT2D eigenvalue weighted by molar-refractivity contribution is 8.00. The number of carbonyl (C=O) groups is 11. The molecule has 40 nitrogen and oxygen atoms in total. The third kappa shape index (κ3) is 23.8. The number of carboxylic acids is 1. The number of nitrogens with two attached hydrogens (primary N) is 3. The fraction of sp³-hybridized carbons (Fsp3) is 0.408. The number of aromatic nitrogens is 2. The van der Waals surface area contributed by atoms with E-state index in [-0.39, 0.29) is 132 Å². The standard InChI is InChI=1S/C71H83Cl2N7O23.C27H24ClN5O5S2/c1-7-8-43(84)56-38-23-35(82)24-44(85)54(38)37-16-30(9-12-42(37)83)36-25-46(87)55-33-20-49(99-47-13-10-31(17-39(47)72)59(89)57(79-68(96)41(76-6)15-28(2)3)45(86)19-34(22-52(74)88)66(94)77-55)63(50(21-33)100-48-14-11-32(18-40(48)73)60(90)58(69(97)78-56)80-67(36)95)103-70-64(62(92)61(91)51(27-81)101-70)102-53-26-71(5,75)65(93)29(4)98-53;1-15-5-7-16(8-6-15)13-38-31-20(21-23(28)40-27(29)30-21)19(34)11-18-24(35)33-22(26(36)37)17(14-39-25(18)33)12-32-9-3-2-4-10-32/h9-14,16-18,20-21,23-24,28-29,34,36,41,51,53,55-62,64-65,70,76,81-83,85,89-93H,7-8,15,19,22,25-27,75H2,1-6H3,(H2,74,88)(H,77,94)(H,78,97)(H,79,96)(H,80,95);2-10,18,25H,11-14H2,1H3,(H2-,29,30,36,37)/b;31-20+/t29-,34-,36+,41+,51+,53-,55+,56-,57?,58-,59+,60+,61+,62-,64+,65+,70-,71-;18-,25-/m01/s1. The number of aliphatic hydroxyl groups is 6. The molecule has 11 heterocycles. The second-order valence-electron chi connectivity index (χ2n) is 36.5. The van der Waals surface area contributed by atoms with Crippen molar-refractivity contribution >= 4 is 133 Å². The molecule has 8 aromatic rings. The lowest BCUT2D eigenvalue weighted by molar-refractivity contribution is -0.689. The molecule has 1 unspecified atom stereocenters. The van der Waals surface area contributed by atoms with E-state index < -0.39 is 245 Å². The number of thioether (sulfide) groups is 1. The van der Waals surface area contributed by atoms with E-state index in [2.05, 4.69) is 36.7 Å². The Morgan fingerprint density at radius 3 is 2.05 bits per heavy atom. The van der Waals surface area contributed by atoms with Gasteiger partial charge in [0.1, 0.15) is 100 Å². The Balaban J connectivity index is 0.000000336. The number of anilines is 1. The predicted molar refractivity (Wildman–Crippen MR) is 513 cm³/mol. The van der Waals surface area contributed by atoms with Crippen molar-refractivity contribution in [2.75, 3.05) is 25.1 Å². The number of hydrogen-bond acceptors (Lipinski definition) is 35. The summed E-state index contributed by atoms with van der Waals surface area (Å²) in [7, 11) is 1.50. The van der Waals surface area contributed by atoms with Crippen LogP contribution in [-0.2, 0) is 84.9 Å². The van der Waals surface area contributed by atoms with E-state index in [1.807, 2.05) is 80.2 Å². The van der Waals surface area contributed by atoms with Crippen LogP contribution >= 0.6 is 57.9 Å². The van der Waals surface area contributed by atoms with Gasteiger partial charge in [-0.1, -0.05) is 126 Å².